The van der Waals surface area contributed by atoms with Crippen LogP contribution in [-0.4, -0.2) is 56.5 Å². The smallest absolute Gasteiger partial charge is 0.333 e. The van der Waals surface area contributed by atoms with Crippen LogP contribution < -0.4 is 4.89 Å². The van der Waals surface area contributed by atoms with E-state index in [0.717, 1.165) is 62.6 Å². The number of phosphoric ester groups is 1. The summed E-state index contributed by atoms with van der Waals surface area (Å²) in [6.07, 6.45) is 8.73. The van der Waals surface area contributed by atoms with Gasteiger partial charge in [-0.2, -0.15) is 0 Å². The van der Waals surface area contributed by atoms with Crippen LogP contribution in [0.15, 0.2) is 12.2 Å². The van der Waals surface area contributed by atoms with E-state index in [-0.39, 0.29) is 13.2 Å². The number of nitrogens with zero attached hydrogens (tertiary/aromatic N) is 1. The predicted octanol–water partition coefficient (Wildman–Crippen LogP) is 4.99. The van der Waals surface area contributed by atoms with E-state index in [9.17, 15) is 14.3 Å². The van der Waals surface area contributed by atoms with Crippen LogP contribution in [0.25, 0.3) is 0 Å². The minimum atomic E-state index is -4.30. The van der Waals surface area contributed by atoms with Crippen LogP contribution in [-0.2, 0) is 23.1 Å². The van der Waals surface area contributed by atoms with Gasteiger partial charge < -0.3 is 23.2 Å². The van der Waals surface area contributed by atoms with E-state index in [1.165, 1.54) is 0 Å². The van der Waals surface area contributed by atoms with Gasteiger partial charge in [0.15, 0.2) is 0 Å². The number of hydrogen-bond acceptors (Lipinski definition) is 6. The standard InChI is InChI=1S/C23H46NO6P/c1-6-9-15-24(16-10-7-2,17-11-8-3)18-21-30-31(26,27)29-20-14-12-13-19-28-23(25)22(4)5/h4,6-21H2,1-3,5H3. The van der Waals surface area contributed by atoms with E-state index in [2.05, 4.69) is 27.4 Å². The van der Waals surface area contributed by atoms with Crippen molar-refractivity contribution in [2.75, 3.05) is 46.0 Å². The average molecular weight is 464 g/mol. The molecule has 0 aromatic rings. The molecule has 0 fully saturated rings. The molecule has 0 aliphatic rings. The van der Waals surface area contributed by atoms with Crippen molar-refractivity contribution in [3.63, 3.8) is 0 Å². The zero-order valence-corrected chi connectivity index (χ0v) is 21.3. The molecule has 0 bridgehead atoms. The molecule has 184 valence electrons. The SMILES string of the molecule is C=C(C)C(=O)OCCCCCOP(=O)([O-])OCC[N+](CCCC)(CCCC)CCCC. The van der Waals surface area contributed by atoms with Gasteiger partial charge in [0.2, 0.25) is 0 Å². The number of carbonyl (C=O) groups is 1. The molecule has 0 radical (unpaired) electrons. The van der Waals surface area contributed by atoms with Crippen molar-refractivity contribution < 1.29 is 32.5 Å². The first kappa shape index (κ1) is 30.3. The van der Waals surface area contributed by atoms with Crippen molar-refractivity contribution in [3.8, 4) is 0 Å². The highest BCUT2D eigenvalue weighted by Crippen LogP contribution is 2.38. The minimum Gasteiger partial charge on any atom is -0.756 e. The van der Waals surface area contributed by atoms with E-state index in [1.807, 2.05) is 0 Å². The molecule has 0 spiro atoms. The monoisotopic (exact) mass is 463 g/mol. The van der Waals surface area contributed by atoms with Gasteiger partial charge in [-0.15, -0.1) is 0 Å². The lowest BCUT2D eigenvalue weighted by molar-refractivity contribution is -0.929. The molecule has 0 aliphatic heterocycles. The molecule has 8 heteroatoms. The van der Waals surface area contributed by atoms with Crippen molar-refractivity contribution in [1.82, 2.24) is 0 Å². The lowest BCUT2D eigenvalue weighted by Crippen LogP contribution is -2.52. The van der Waals surface area contributed by atoms with Gasteiger partial charge in [0.05, 0.1) is 32.8 Å². The van der Waals surface area contributed by atoms with Crippen LogP contribution >= 0.6 is 7.82 Å². The number of esters is 1. The number of hydrogen-bond donors (Lipinski definition) is 0. The third-order valence-corrected chi connectivity index (χ3v) is 6.39. The molecule has 7 nitrogen and oxygen atoms in total. The first-order valence-corrected chi connectivity index (χ1v) is 13.5. The Morgan fingerprint density at radius 2 is 1.29 bits per heavy atom. The van der Waals surface area contributed by atoms with E-state index in [4.69, 9.17) is 13.8 Å². The van der Waals surface area contributed by atoms with Crippen LogP contribution in [0.4, 0.5) is 0 Å². The third kappa shape index (κ3) is 15.7. The summed E-state index contributed by atoms with van der Waals surface area (Å²) in [6.45, 7) is 16.1. The average Bonchev–Trinajstić information content (AvgIpc) is 2.73. The van der Waals surface area contributed by atoms with Crippen LogP contribution in [0, 0.1) is 0 Å². The fourth-order valence-corrected chi connectivity index (χ4v) is 4.11. The summed E-state index contributed by atoms with van der Waals surface area (Å²) in [5, 5.41) is 0. The van der Waals surface area contributed by atoms with Gasteiger partial charge in [0, 0.05) is 5.57 Å². The van der Waals surface area contributed by atoms with Crippen LogP contribution in [0.1, 0.15) is 85.5 Å². The molecular formula is C23H46NO6P. The van der Waals surface area contributed by atoms with Gasteiger partial charge in [-0.25, -0.2) is 4.79 Å². The molecule has 1 unspecified atom stereocenters. The Kier molecular flexibility index (Phi) is 17.4. The van der Waals surface area contributed by atoms with Crippen molar-refractivity contribution in [3.05, 3.63) is 12.2 Å². The Morgan fingerprint density at radius 1 is 0.806 bits per heavy atom. The van der Waals surface area contributed by atoms with E-state index in [0.29, 0.717) is 38.0 Å². The van der Waals surface area contributed by atoms with E-state index in [1.54, 1.807) is 6.92 Å². The summed E-state index contributed by atoms with van der Waals surface area (Å²) < 4.78 is 28.2. The van der Waals surface area contributed by atoms with Crippen LogP contribution in [0.2, 0.25) is 0 Å². The quantitative estimate of drug-likeness (QED) is 0.0783. The van der Waals surface area contributed by atoms with Crippen molar-refractivity contribution in [1.29, 1.82) is 0 Å². The number of unbranched alkanes of at least 4 members (excludes halogenated alkanes) is 5. The lowest BCUT2D eigenvalue weighted by atomic mass is 10.1. The number of quaternary nitrogens is 1. The Morgan fingerprint density at radius 3 is 1.77 bits per heavy atom. The second-order valence-corrected chi connectivity index (χ2v) is 9.80. The topological polar surface area (TPSA) is 84.9 Å². The Balaban J connectivity index is 4.33. The summed E-state index contributed by atoms with van der Waals surface area (Å²) >= 11 is 0. The number of phosphoric acid groups is 1. The van der Waals surface area contributed by atoms with Crippen molar-refractivity contribution >= 4 is 13.8 Å². The molecule has 1 atom stereocenters. The molecule has 0 aliphatic carbocycles. The van der Waals surface area contributed by atoms with Crippen molar-refractivity contribution in [2.45, 2.75) is 85.5 Å². The first-order valence-electron chi connectivity index (χ1n) is 12.0. The highest BCUT2D eigenvalue weighted by atomic mass is 31.2. The fourth-order valence-electron chi connectivity index (χ4n) is 3.38. The van der Waals surface area contributed by atoms with E-state index >= 15 is 0 Å². The van der Waals surface area contributed by atoms with Gasteiger partial charge in [-0.3, -0.25) is 4.57 Å². The molecule has 0 amide bonds. The highest BCUT2D eigenvalue weighted by molar-refractivity contribution is 7.45. The number of ether oxygens (including phenoxy) is 1. The fraction of sp³-hybridized carbons (Fsp3) is 0.870. The maximum Gasteiger partial charge on any atom is 0.333 e. The molecular weight excluding hydrogens is 417 g/mol. The zero-order valence-electron chi connectivity index (χ0n) is 20.4. The Bertz CT molecular complexity index is 518. The molecule has 0 heterocycles. The van der Waals surface area contributed by atoms with Gasteiger partial charge in [0.1, 0.15) is 13.2 Å². The summed E-state index contributed by atoms with van der Waals surface area (Å²) in [5.74, 6) is -0.403. The molecule has 0 saturated heterocycles. The maximum absolute atomic E-state index is 12.1. The first-order chi connectivity index (χ1) is 14.7. The van der Waals surface area contributed by atoms with Gasteiger partial charge in [-0.05, 0) is 45.4 Å². The normalized spacial score (nSPS) is 13.7. The third-order valence-electron chi connectivity index (χ3n) is 5.39. The highest BCUT2D eigenvalue weighted by Gasteiger charge is 2.26. The van der Waals surface area contributed by atoms with Crippen LogP contribution in [0.3, 0.4) is 0 Å². The largest absolute Gasteiger partial charge is 0.756 e. The maximum atomic E-state index is 12.1. The molecule has 0 rings (SSSR count). The molecule has 31 heavy (non-hydrogen) atoms. The molecule has 0 saturated carbocycles. The summed E-state index contributed by atoms with van der Waals surface area (Å²) in [6, 6.07) is 0. The summed E-state index contributed by atoms with van der Waals surface area (Å²) in [7, 11) is -4.30. The number of rotatable bonds is 21. The van der Waals surface area contributed by atoms with Gasteiger partial charge in [0.25, 0.3) is 7.82 Å². The minimum absolute atomic E-state index is 0.0801. The molecule has 0 aromatic carbocycles. The second-order valence-electron chi connectivity index (χ2n) is 8.39. The van der Waals surface area contributed by atoms with Crippen molar-refractivity contribution in [2.24, 2.45) is 0 Å². The summed E-state index contributed by atoms with van der Waals surface area (Å²) in [4.78, 5) is 23.4. The van der Waals surface area contributed by atoms with E-state index < -0.39 is 13.8 Å². The molecule has 0 N–H and O–H groups in total. The van der Waals surface area contributed by atoms with Gasteiger partial charge >= 0.3 is 5.97 Å². The van der Waals surface area contributed by atoms with Gasteiger partial charge in [-0.1, -0.05) is 46.6 Å². The molecule has 0 aromatic heterocycles. The summed E-state index contributed by atoms with van der Waals surface area (Å²) in [5.41, 5.74) is 0.370. The Hall–Kier alpha value is -0.720. The second kappa shape index (κ2) is 17.8. The van der Waals surface area contributed by atoms with Crippen LogP contribution in [0.5, 0.6) is 0 Å². The Labute approximate surface area is 190 Å². The predicted molar refractivity (Wildman–Crippen MR) is 124 cm³/mol. The lowest BCUT2D eigenvalue weighted by Gasteiger charge is -2.39. The zero-order chi connectivity index (χ0) is 23.6. The number of carbonyl (C=O) groups excluding carboxylic acids is 1.